The molecule has 0 aliphatic carbocycles. The quantitative estimate of drug-likeness (QED) is 0.756. The molecule has 0 aromatic carbocycles. The van der Waals surface area contributed by atoms with Crippen molar-refractivity contribution < 1.29 is 0 Å². The summed E-state index contributed by atoms with van der Waals surface area (Å²) in [5.41, 5.74) is 1.23. The van der Waals surface area contributed by atoms with E-state index in [4.69, 9.17) is 0 Å². The Morgan fingerprint density at radius 3 is 2.93 bits per heavy atom. The first kappa shape index (κ1) is 10.6. The van der Waals surface area contributed by atoms with E-state index in [1.165, 1.54) is 37.9 Å². The fourth-order valence-corrected chi connectivity index (χ4v) is 2.30. The highest BCUT2D eigenvalue weighted by Crippen LogP contribution is 2.20. The monoisotopic (exact) mass is 205 g/mol. The Balaban J connectivity index is 1.89. The van der Waals surface area contributed by atoms with Gasteiger partial charge in [-0.25, -0.2) is 9.97 Å². The smallest absolute Gasteiger partial charge is 0.115 e. The summed E-state index contributed by atoms with van der Waals surface area (Å²) in [5.74, 6) is 0.892. The average Bonchev–Trinajstić information content (AvgIpc) is 2.31. The molecule has 0 bridgehead atoms. The molecule has 1 aliphatic rings. The largest absolute Gasteiger partial charge is 0.299 e. The van der Waals surface area contributed by atoms with Crippen LogP contribution in [-0.4, -0.2) is 28.0 Å². The molecular formula is C12H19N3. The maximum absolute atomic E-state index is 4.05. The first-order valence-corrected chi connectivity index (χ1v) is 5.84. The van der Waals surface area contributed by atoms with Crippen LogP contribution in [0.15, 0.2) is 18.7 Å². The van der Waals surface area contributed by atoms with E-state index in [-0.39, 0.29) is 0 Å². The Morgan fingerprint density at radius 2 is 2.20 bits per heavy atom. The molecule has 0 radical (unpaired) electrons. The number of likely N-dealkylation sites (tertiary alicyclic amines) is 1. The highest BCUT2D eigenvalue weighted by atomic mass is 15.1. The van der Waals surface area contributed by atoms with E-state index < -0.39 is 0 Å². The fourth-order valence-electron chi connectivity index (χ4n) is 2.30. The van der Waals surface area contributed by atoms with Gasteiger partial charge in [-0.2, -0.15) is 0 Å². The van der Waals surface area contributed by atoms with Gasteiger partial charge in [0.2, 0.25) is 0 Å². The Labute approximate surface area is 91.5 Å². The summed E-state index contributed by atoms with van der Waals surface area (Å²) in [7, 11) is 0. The predicted octanol–water partition coefficient (Wildman–Crippen LogP) is 2.10. The molecule has 3 heteroatoms. The highest BCUT2D eigenvalue weighted by Gasteiger charge is 2.18. The van der Waals surface area contributed by atoms with Gasteiger partial charge in [0.1, 0.15) is 6.33 Å². The summed E-state index contributed by atoms with van der Waals surface area (Å²) in [5, 5.41) is 0. The summed E-state index contributed by atoms with van der Waals surface area (Å²) in [4.78, 5) is 10.6. The van der Waals surface area contributed by atoms with Gasteiger partial charge in [0.15, 0.2) is 0 Å². The number of hydrogen-bond acceptors (Lipinski definition) is 3. The van der Waals surface area contributed by atoms with Crippen LogP contribution < -0.4 is 0 Å². The number of hydrogen-bond donors (Lipinski definition) is 0. The number of piperidine rings is 1. The van der Waals surface area contributed by atoms with E-state index in [0.29, 0.717) is 0 Å². The van der Waals surface area contributed by atoms with Crippen LogP contribution in [0.2, 0.25) is 0 Å². The first-order valence-electron chi connectivity index (χ1n) is 5.84. The van der Waals surface area contributed by atoms with Gasteiger partial charge in [-0.15, -0.1) is 0 Å². The van der Waals surface area contributed by atoms with Gasteiger partial charge in [-0.05, 0) is 25.3 Å². The minimum absolute atomic E-state index is 0.892. The van der Waals surface area contributed by atoms with Crippen molar-refractivity contribution in [3.05, 3.63) is 24.3 Å². The standard InChI is InChI=1S/C12H19N3/c1-2-11-4-3-5-15(8-11)9-12-6-13-10-14-7-12/h6-7,10-11H,2-5,8-9H2,1H3. The molecule has 2 heterocycles. The maximum atomic E-state index is 4.05. The van der Waals surface area contributed by atoms with Gasteiger partial charge in [-0.3, -0.25) is 4.90 Å². The molecule has 1 saturated heterocycles. The summed E-state index contributed by atoms with van der Waals surface area (Å²) in [6.07, 6.45) is 9.48. The van der Waals surface area contributed by atoms with E-state index in [0.717, 1.165) is 12.5 Å². The van der Waals surface area contributed by atoms with Gasteiger partial charge in [-0.1, -0.05) is 13.3 Å². The number of nitrogens with zero attached hydrogens (tertiary/aromatic N) is 3. The molecule has 2 rings (SSSR count). The Bertz CT molecular complexity index is 286. The fraction of sp³-hybridized carbons (Fsp3) is 0.667. The molecule has 15 heavy (non-hydrogen) atoms. The second-order valence-corrected chi connectivity index (χ2v) is 4.40. The third-order valence-corrected chi connectivity index (χ3v) is 3.20. The van der Waals surface area contributed by atoms with Gasteiger partial charge in [0.05, 0.1) is 0 Å². The van der Waals surface area contributed by atoms with Crippen LogP contribution in [0, 0.1) is 5.92 Å². The minimum Gasteiger partial charge on any atom is -0.299 e. The van der Waals surface area contributed by atoms with Crippen LogP contribution >= 0.6 is 0 Å². The summed E-state index contributed by atoms with van der Waals surface area (Å²) >= 11 is 0. The molecule has 0 saturated carbocycles. The molecule has 0 N–H and O–H groups in total. The molecule has 1 unspecified atom stereocenters. The molecule has 1 fully saturated rings. The molecule has 82 valence electrons. The van der Waals surface area contributed by atoms with Gasteiger partial charge in [0.25, 0.3) is 0 Å². The van der Waals surface area contributed by atoms with Crippen LogP contribution in [-0.2, 0) is 6.54 Å². The lowest BCUT2D eigenvalue weighted by molar-refractivity contribution is 0.164. The second kappa shape index (κ2) is 5.21. The Morgan fingerprint density at radius 1 is 1.40 bits per heavy atom. The lowest BCUT2D eigenvalue weighted by Gasteiger charge is -2.32. The molecule has 0 amide bonds. The predicted molar refractivity (Wildman–Crippen MR) is 60.3 cm³/mol. The highest BCUT2D eigenvalue weighted by molar-refractivity contribution is 5.02. The zero-order valence-corrected chi connectivity index (χ0v) is 9.39. The van der Waals surface area contributed by atoms with E-state index in [2.05, 4.69) is 21.8 Å². The summed E-state index contributed by atoms with van der Waals surface area (Å²) in [6, 6.07) is 0. The average molecular weight is 205 g/mol. The third-order valence-electron chi connectivity index (χ3n) is 3.20. The van der Waals surface area contributed by atoms with Crippen molar-refractivity contribution in [2.45, 2.75) is 32.7 Å². The summed E-state index contributed by atoms with van der Waals surface area (Å²) in [6.45, 7) is 5.77. The zero-order chi connectivity index (χ0) is 10.5. The van der Waals surface area contributed by atoms with Gasteiger partial charge in [0, 0.05) is 31.0 Å². The topological polar surface area (TPSA) is 29.0 Å². The maximum Gasteiger partial charge on any atom is 0.115 e. The van der Waals surface area contributed by atoms with E-state index in [1.807, 2.05) is 12.4 Å². The van der Waals surface area contributed by atoms with Gasteiger partial charge >= 0.3 is 0 Å². The van der Waals surface area contributed by atoms with Crippen molar-refractivity contribution in [3.8, 4) is 0 Å². The van der Waals surface area contributed by atoms with E-state index in [1.54, 1.807) is 6.33 Å². The molecule has 1 aromatic heterocycles. The van der Waals surface area contributed by atoms with Crippen molar-refractivity contribution in [1.82, 2.24) is 14.9 Å². The third kappa shape index (κ3) is 2.99. The van der Waals surface area contributed by atoms with Crippen molar-refractivity contribution in [3.63, 3.8) is 0 Å². The number of aromatic nitrogens is 2. The normalized spacial score (nSPS) is 22.9. The molecule has 0 spiro atoms. The SMILES string of the molecule is CCC1CCCN(Cc2cncnc2)C1. The van der Waals surface area contributed by atoms with Crippen molar-refractivity contribution >= 4 is 0 Å². The second-order valence-electron chi connectivity index (χ2n) is 4.40. The molecule has 3 nitrogen and oxygen atoms in total. The van der Waals surface area contributed by atoms with Crippen LogP contribution in [0.25, 0.3) is 0 Å². The van der Waals surface area contributed by atoms with Crippen LogP contribution in [0.3, 0.4) is 0 Å². The van der Waals surface area contributed by atoms with E-state index in [9.17, 15) is 0 Å². The lowest BCUT2D eigenvalue weighted by atomic mass is 9.95. The zero-order valence-electron chi connectivity index (χ0n) is 9.39. The minimum atomic E-state index is 0.892. The van der Waals surface area contributed by atoms with Gasteiger partial charge < -0.3 is 0 Å². The van der Waals surface area contributed by atoms with Crippen LogP contribution in [0.1, 0.15) is 31.7 Å². The Kier molecular flexibility index (Phi) is 3.67. The number of rotatable bonds is 3. The van der Waals surface area contributed by atoms with Crippen molar-refractivity contribution in [2.75, 3.05) is 13.1 Å². The first-order chi connectivity index (χ1) is 7.38. The van der Waals surface area contributed by atoms with Crippen LogP contribution in [0.5, 0.6) is 0 Å². The lowest BCUT2D eigenvalue weighted by Crippen LogP contribution is -2.34. The van der Waals surface area contributed by atoms with E-state index >= 15 is 0 Å². The van der Waals surface area contributed by atoms with Crippen molar-refractivity contribution in [2.24, 2.45) is 5.92 Å². The molecule has 1 aliphatic heterocycles. The Hall–Kier alpha value is -0.960. The molecular weight excluding hydrogens is 186 g/mol. The van der Waals surface area contributed by atoms with Crippen molar-refractivity contribution in [1.29, 1.82) is 0 Å². The summed E-state index contributed by atoms with van der Waals surface area (Å²) < 4.78 is 0. The molecule has 1 atom stereocenters. The van der Waals surface area contributed by atoms with Crippen LogP contribution in [0.4, 0.5) is 0 Å². The molecule has 1 aromatic rings.